The largest absolute Gasteiger partial charge is 0.418 e. The molecule has 9 heteroatoms. The second-order valence-corrected chi connectivity index (χ2v) is 6.61. The summed E-state index contributed by atoms with van der Waals surface area (Å²) < 4.78 is 66.9. The van der Waals surface area contributed by atoms with E-state index in [1.54, 1.807) is 4.90 Å². The zero-order chi connectivity index (χ0) is 19.1. The van der Waals surface area contributed by atoms with E-state index in [0.29, 0.717) is 26.1 Å². The molecule has 0 spiro atoms. The number of fused-ring (bicyclic) bond motifs is 1. The molecule has 1 aromatic heterocycles. The van der Waals surface area contributed by atoms with Crippen molar-refractivity contribution in [3.05, 3.63) is 29.1 Å². The Labute approximate surface area is 146 Å². The molecule has 142 valence electrons. The van der Waals surface area contributed by atoms with Crippen LogP contribution in [-0.4, -0.2) is 33.9 Å². The molecule has 1 N–H and O–H groups in total. The van der Waals surface area contributed by atoms with E-state index in [4.69, 9.17) is 0 Å². The fourth-order valence-electron chi connectivity index (χ4n) is 3.12. The third-order valence-electron chi connectivity index (χ3n) is 4.48. The third kappa shape index (κ3) is 3.81. The lowest BCUT2D eigenvalue weighted by molar-refractivity contribution is -0.136. The van der Waals surface area contributed by atoms with Crippen LogP contribution < -0.4 is 0 Å². The first-order valence-electron chi connectivity index (χ1n) is 8.31. The summed E-state index contributed by atoms with van der Waals surface area (Å²) in [5.74, 6) is -3.63. The van der Waals surface area contributed by atoms with E-state index in [0.717, 1.165) is 25.3 Å². The molecule has 0 radical (unpaired) electrons. The number of hydrogen-bond donors (Lipinski definition) is 1. The van der Waals surface area contributed by atoms with Crippen LogP contribution in [0.5, 0.6) is 0 Å². The van der Waals surface area contributed by atoms with Crippen molar-refractivity contribution in [1.29, 1.82) is 0 Å². The number of carbonyl (C=O) groups excluding carboxylic acids is 1. The Hall–Kier alpha value is -2.19. The van der Waals surface area contributed by atoms with Gasteiger partial charge >= 0.3 is 6.18 Å². The van der Waals surface area contributed by atoms with Gasteiger partial charge in [0.25, 0.3) is 5.92 Å². The summed E-state index contributed by atoms with van der Waals surface area (Å²) in [6.07, 6.45) is -2.21. The Morgan fingerprint density at radius 2 is 1.81 bits per heavy atom. The minimum atomic E-state index is -4.83. The number of halogens is 5. The Morgan fingerprint density at radius 1 is 1.15 bits per heavy atom. The van der Waals surface area contributed by atoms with E-state index in [1.807, 2.05) is 0 Å². The molecule has 26 heavy (non-hydrogen) atoms. The number of aromatic amines is 1. The van der Waals surface area contributed by atoms with E-state index in [2.05, 4.69) is 9.97 Å². The summed E-state index contributed by atoms with van der Waals surface area (Å²) in [6.45, 7) is 1.75. The molecule has 2 aromatic rings. The van der Waals surface area contributed by atoms with Crippen LogP contribution in [-0.2, 0) is 23.3 Å². The second-order valence-electron chi connectivity index (χ2n) is 6.61. The van der Waals surface area contributed by atoms with Gasteiger partial charge in [0.15, 0.2) is 0 Å². The number of benzene rings is 1. The van der Waals surface area contributed by atoms with Gasteiger partial charge in [0.05, 0.1) is 17.5 Å². The summed E-state index contributed by atoms with van der Waals surface area (Å²) in [5, 5.41) is 0. The van der Waals surface area contributed by atoms with Crippen LogP contribution in [0.3, 0.4) is 0 Å². The van der Waals surface area contributed by atoms with Crippen LogP contribution in [0.4, 0.5) is 22.0 Å². The number of rotatable bonds is 3. The highest BCUT2D eigenvalue weighted by molar-refractivity contribution is 5.83. The number of amides is 1. The molecule has 0 bridgehead atoms. The molecule has 1 aromatic carbocycles. The average molecular weight is 375 g/mol. The van der Waals surface area contributed by atoms with E-state index in [9.17, 15) is 26.7 Å². The Bertz CT molecular complexity index is 816. The molecule has 3 rings (SSSR count). The van der Waals surface area contributed by atoms with Crippen LogP contribution in [0, 0.1) is 0 Å². The van der Waals surface area contributed by atoms with Gasteiger partial charge in [0, 0.05) is 25.6 Å². The monoisotopic (exact) mass is 375 g/mol. The summed E-state index contributed by atoms with van der Waals surface area (Å²) in [4.78, 5) is 20.4. The number of likely N-dealkylation sites (tertiary alicyclic amines) is 1. The molecular weight excluding hydrogens is 357 g/mol. The number of imidazole rings is 1. The van der Waals surface area contributed by atoms with Crippen LogP contribution in [0.1, 0.15) is 43.1 Å². The fraction of sp³-hybridized carbons (Fsp3) is 0.529. The summed E-state index contributed by atoms with van der Waals surface area (Å²) in [6, 6.07) is 1.37. The topological polar surface area (TPSA) is 49.0 Å². The van der Waals surface area contributed by atoms with Crippen molar-refractivity contribution in [2.45, 2.75) is 44.7 Å². The zero-order valence-electron chi connectivity index (χ0n) is 14.1. The van der Waals surface area contributed by atoms with Crippen molar-refractivity contribution in [1.82, 2.24) is 14.9 Å². The highest BCUT2D eigenvalue weighted by Gasteiger charge is 2.37. The van der Waals surface area contributed by atoms with Crippen LogP contribution in [0.2, 0.25) is 0 Å². The number of nitrogens with zero attached hydrogens (tertiary/aromatic N) is 2. The SMILES string of the molecule is CC(F)(F)c1cc(C(F)(F)F)c2nc(CC(=O)N3CCCCC3)[nH]c2c1. The van der Waals surface area contributed by atoms with Crippen LogP contribution >= 0.6 is 0 Å². The second kappa shape index (κ2) is 6.51. The van der Waals surface area contributed by atoms with Gasteiger partial charge in [0.2, 0.25) is 5.91 Å². The molecule has 0 atom stereocenters. The van der Waals surface area contributed by atoms with Gasteiger partial charge in [-0.3, -0.25) is 4.79 Å². The molecule has 0 unspecified atom stereocenters. The molecule has 4 nitrogen and oxygen atoms in total. The molecule has 1 aliphatic rings. The third-order valence-corrected chi connectivity index (χ3v) is 4.48. The number of piperidine rings is 1. The van der Waals surface area contributed by atoms with Gasteiger partial charge in [-0.25, -0.2) is 13.8 Å². The highest BCUT2D eigenvalue weighted by Crippen LogP contribution is 2.38. The summed E-state index contributed by atoms with van der Waals surface area (Å²) >= 11 is 0. The molecular formula is C17H18F5N3O. The number of hydrogen-bond acceptors (Lipinski definition) is 2. The molecule has 1 aliphatic heterocycles. The number of H-pyrrole nitrogens is 1. The standard InChI is InChI=1S/C17H18F5N3O/c1-16(18,19)10-7-11(17(20,21)22)15-12(8-10)23-13(24-15)9-14(26)25-5-3-2-4-6-25/h7-8H,2-6,9H2,1H3,(H,23,24). The predicted molar refractivity (Wildman–Crippen MR) is 84.8 cm³/mol. The maximum Gasteiger partial charge on any atom is 0.418 e. The molecule has 1 amide bonds. The van der Waals surface area contributed by atoms with Crippen molar-refractivity contribution in [3.63, 3.8) is 0 Å². The zero-order valence-corrected chi connectivity index (χ0v) is 14.1. The quantitative estimate of drug-likeness (QED) is 0.816. The van der Waals surface area contributed by atoms with Crippen molar-refractivity contribution in [2.24, 2.45) is 0 Å². The van der Waals surface area contributed by atoms with Gasteiger partial charge in [-0.2, -0.15) is 13.2 Å². The Kier molecular flexibility index (Phi) is 4.66. The van der Waals surface area contributed by atoms with Crippen molar-refractivity contribution >= 4 is 16.9 Å². The minimum Gasteiger partial charge on any atom is -0.342 e. The van der Waals surface area contributed by atoms with E-state index in [1.165, 1.54) is 0 Å². The van der Waals surface area contributed by atoms with Crippen LogP contribution in [0.25, 0.3) is 11.0 Å². The molecule has 2 heterocycles. The fourth-order valence-corrected chi connectivity index (χ4v) is 3.12. The lowest BCUT2D eigenvalue weighted by Gasteiger charge is -2.26. The normalized spacial score (nSPS) is 16.3. The first-order chi connectivity index (χ1) is 12.1. The first-order valence-corrected chi connectivity index (χ1v) is 8.31. The summed E-state index contributed by atoms with van der Waals surface area (Å²) in [7, 11) is 0. The maximum absolute atomic E-state index is 13.5. The lowest BCUT2D eigenvalue weighted by atomic mass is 10.0. The van der Waals surface area contributed by atoms with Gasteiger partial charge < -0.3 is 9.88 Å². The Balaban J connectivity index is 1.97. The summed E-state index contributed by atoms with van der Waals surface area (Å²) in [5.41, 5.74) is -2.60. The minimum absolute atomic E-state index is 0.0395. The van der Waals surface area contributed by atoms with E-state index >= 15 is 0 Å². The van der Waals surface area contributed by atoms with Crippen molar-refractivity contribution in [2.75, 3.05) is 13.1 Å². The lowest BCUT2D eigenvalue weighted by Crippen LogP contribution is -2.36. The molecule has 1 fully saturated rings. The Morgan fingerprint density at radius 3 is 2.38 bits per heavy atom. The van der Waals surface area contributed by atoms with Gasteiger partial charge in [-0.1, -0.05) is 0 Å². The first kappa shape index (κ1) is 18.6. The molecule has 0 aliphatic carbocycles. The smallest absolute Gasteiger partial charge is 0.342 e. The maximum atomic E-state index is 13.5. The molecule has 0 saturated carbocycles. The van der Waals surface area contributed by atoms with E-state index in [-0.39, 0.29) is 23.7 Å². The molecule has 1 saturated heterocycles. The number of carbonyl (C=O) groups is 1. The van der Waals surface area contributed by atoms with Crippen LogP contribution in [0.15, 0.2) is 12.1 Å². The van der Waals surface area contributed by atoms with Gasteiger partial charge in [-0.05, 0) is 31.4 Å². The van der Waals surface area contributed by atoms with Crippen molar-refractivity contribution in [3.8, 4) is 0 Å². The predicted octanol–water partition coefficient (Wildman–Crippen LogP) is 4.25. The number of alkyl halides is 5. The number of aromatic nitrogens is 2. The number of nitrogens with one attached hydrogen (secondary N) is 1. The van der Waals surface area contributed by atoms with E-state index < -0.39 is 28.7 Å². The highest BCUT2D eigenvalue weighted by atomic mass is 19.4. The average Bonchev–Trinajstić information content (AvgIpc) is 2.95. The van der Waals surface area contributed by atoms with Gasteiger partial charge in [0.1, 0.15) is 11.3 Å². The van der Waals surface area contributed by atoms with Gasteiger partial charge in [-0.15, -0.1) is 0 Å². The van der Waals surface area contributed by atoms with Crippen molar-refractivity contribution < 1.29 is 26.7 Å².